The van der Waals surface area contributed by atoms with Crippen LogP contribution in [0.5, 0.6) is 0 Å². The minimum absolute atomic E-state index is 0.553. The van der Waals surface area contributed by atoms with Crippen LogP contribution in [0.4, 0.5) is 0 Å². The van der Waals surface area contributed by atoms with Gasteiger partial charge < -0.3 is 9.80 Å². The summed E-state index contributed by atoms with van der Waals surface area (Å²) in [6.45, 7) is 6.79. The monoisotopic (exact) mass is 440 g/mol. The molecule has 0 N–H and O–H groups in total. The van der Waals surface area contributed by atoms with E-state index in [0.717, 1.165) is 6.54 Å². The van der Waals surface area contributed by atoms with Crippen molar-refractivity contribution in [2.45, 2.75) is 136 Å². The number of rotatable bonds is 20. The maximum Gasteiger partial charge on any atom is 0.101 e. The zero-order valence-corrected chi connectivity index (χ0v) is 21.4. The van der Waals surface area contributed by atoms with E-state index in [2.05, 4.69) is 66.4 Å². The van der Waals surface area contributed by atoms with Gasteiger partial charge in [-0.25, -0.2) is 0 Å². The maximum atomic E-state index is 2.56. The summed E-state index contributed by atoms with van der Waals surface area (Å²) in [6.07, 6.45) is 29.3. The number of nitrogens with zero attached hydrogens (tertiary/aromatic N) is 2. The molecule has 1 heterocycles. The summed E-state index contributed by atoms with van der Waals surface area (Å²) < 4.78 is 0. The first-order valence-electron chi connectivity index (χ1n) is 14.1. The van der Waals surface area contributed by atoms with Crippen molar-refractivity contribution in [3.8, 4) is 0 Å². The molecule has 0 saturated carbocycles. The lowest BCUT2D eigenvalue weighted by atomic mass is 10.0. The summed E-state index contributed by atoms with van der Waals surface area (Å²) in [4.78, 5) is 5.11. The first-order chi connectivity index (χ1) is 15.8. The van der Waals surface area contributed by atoms with E-state index in [-0.39, 0.29) is 0 Å². The van der Waals surface area contributed by atoms with Gasteiger partial charge in [-0.1, -0.05) is 134 Å². The highest BCUT2D eigenvalue weighted by molar-refractivity contribution is 5.15. The summed E-state index contributed by atoms with van der Waals surface area (Å²) in [6, 6.07) is 10.9. The summed E-state index contributed by atoms with van der Waals surface area (Å²) in [5.74, 6) is 0. The molecule has 2 rings (SSSR count). The highest BCUT2D eigenvalue weighted by Crippen LogP contribution is 2.24. The highest BCUT2D eigenvalue weighted by atomic mass is 15.4. The van der Waals surface area contributed by atoms with Crippen LogP contribution in [-0.4, -0.2) is 22.5 Å². The van der Waals surface area contributed by atoms with E-state index in [4.69, 9.17) is 0 Å². The number of hydrogen-bond donors (Lipinski definition) is 0. The largest absolute Gasteiger partial charge is 0.356 e. The molecule has 1 aliphatic rings. The molecule has 0 spiro atoms. The molecule has 0 bridgehead atoms. The average Bonchev–Trinajstić information content (AvgIpc) is 3.18. The molecular weight excluding hydrogens is 388 g/mol. The van der Waals surface area contributed by atoms with Crippen molar-refractivity contribution < 1.29 is 0 Å². The van der Waals surface area contributed by atoms with E-state index >= 15 is 0 Å². The van der Waals surface area contributed by atoms with Gasteiger partial charge >= 0.3 is 0 Å². The quantitative estimate of drug-likeness (QED) is 0.186. The third kappa shape index (κ3) is 11.4. The van der Waals surface area contributed by atoms with Gasteiger partial charge in [-0.3, -0.25) is 0 Å². The van der Waals surface area contributed by atoms with Crippen LogP contribution < -0.4 is 0 Å². The first kappa shape index (κ1) is 26.8. The zero-order valence-electron chi connectivity index (χ0n) is 21.4. The zero-order chi connectivity index (χ0) is 22.7. The lowest BCUT2D eigenvalue weighted by molar-refractivity contribution is 0.134. The van der Waals surface area contributed by atoms with E-state index in [1.165, 1.54) is 121 Å². The van der Waals surface area contributed by atoms with Gasteiger partial charge in [0.1, 0.15) is 6.17 Å². The third-order valence-electron chi connectivity index (χ3n) is 6.97. The molecule has 0 radical (unpaired) electrons. The Balaban J connectivity index is 1.48. The molecule has 182 valence electrons. The van der Waals surface area contributed by atoms with E-state index < -0.39 is 0 Å². The molecule has 2 nitrogen and oxygen atoms in total. The Bertz CT molecular complexity index is 567. The second kappa shape index (κ2) is 18.0. The van der Waals surface area contributed by atoms with Gasteiger partial charge in [0.25, 0.3) is 0 Å². The normalized spacial score (nSPS) is 15.8. The number of benzene rings is 1. The molecule has 2 heteroatoms. The second-order valence-corrected chi connectivity index (χ2v) is 9.91. The lowest BCUT2D eigenvalue weighted by Crippen LogP contribution is -2.38. The predicted octanol–water partition coefficient (Wildman–Crippen LogP) is 9.27. The van der Waals surface area contributed by atoms with Gasteiger partial charge in [-0.2, -0.15) is 0 Å². The predicted molar refractivity (Wildman–Crippen MR) is 141 cm³/mol. The summed E-state index contributed by atoms with van der Waals surface area (Å²) in [7, 11) is 0. The third-order valence-corrected chi connectivity index (χ3v) is 6.97. The Hall–Kier alpha value is -1.44. The Morgan fingerprint density at radius 2 is 1.06 bits per heavy atom. The molecule has 32 heavy (non-hydrogen) atoms. The molecule has 1 aromatic rings. The average molecular weight is 441 g/mol. The first-order valence-corrected chi connectivity index (χ1v) is 14.1. The second-order valence-electron chi connectivity index (χ2n) is 9.91. The van der Waals surface area contributed by atoms with Crippen molar-refractivity contribution >= 4 is 0 Å². The molecule has 1 unspecified atom stereocenters. The van der Waals surface area contributed by atoms with Crippen LogP contribution in [0.1, 0.15) is 129 Å². The van der Waals surface area contributed by atoms with Crippen molar-refractivity contribution in [3.63, 3.8) is 0 Å². The number of hydrogen-bond acceptors (Lipinski definition) is 2. The Labute approximate surface area is 200 Å². The SMILES string of the molecule is CCCCCCCCCCCCCCCCCC1N(CCC)C=CN1Cc1ccccc1. The van der Waals surface area contributed by atoms with Crippen molar-refractivity contribution in [1.29, 1.82) is 0 Å². The molecule has 0 aliphatic carbocycles. The molecule has 0 amide bonds. The van der Waals surface area contributed by atoms with Crippen LogP contribution in [0, 0.1) is 0 Å². The van der Waals surface area contributed by atoms with E-state index in [1.54, 1.807) is 0 Å². The van der Waals surface area contributed by atoms with Crippen LogP contribution in [-0.2, 0) is 6.54 Å². The Kier molecular flexibility index (Phi) is 15.1. The molecule has 1 aliphatic heterocycles. The van der Waals surface area contributed by atoms with E-state index in [0.29, 0.717) is 6.17 Å². The molecular formula is C30H52N2. The van der Waals surface area contributed by atoms with Gasteiger partial charge in [-0.15, -0.1) is 0 Å². The van der Waals surface area contributed by atoms with Crippen molar-refractivity contribution in [2.24, 2.45) is 0 Å². The van der Waals surface area contributed by atoms with Crippen LogP contribution in [0.2, 0.25) is 0 Å². The molecule has 1 atom stereocenters. The topological polar surface area (TPSA) is 6.48 Å². The molecule has 0 aromatic heterocycles. The van der Waals surface area contributed by atoms with Crippen molar-refractivity contribution in [3.05, 3.63) is 48.3 Å². The molecule has 0 saturated heterocycles. The minimum atomic E-state index is 0.553. The van der Waals surface area contributed by atoms with E-state index in [9.17, 15) is 0 Å². The fourth-order valence-electron chi connectivity index (χ4n) is 5.02. The van der Waals surface area contributed by atoms with E-state index in [1.807, 2.05) is 0 Å². The van der Waals surface area contributed by atoms with Gasteiger partial charge in [0.05, 0.1) is 0 Å². The van der Waals surface area contributed by atoms with Crippen LogP contribution >= 0.6 is 0 Å². The summed E-state index contributed by atoms with van der Waals surface area (Å²) in [5, 5.41) is 0. The van der Waals surface area contributed by atoms with Crippen LogP contribution in [0.15, 0.2) is 42.7 Å². The fourth-order valence-corrected chi connectivity index (χ4v) is 5.02. The number of unbranched alkanes of at least 4 members (excludes halogenated alkanes) is 14. The van der Waals surface area contributed by atoms with Gasteiger partial charge in [0.2, 0.25) is 0 Å². The Morgan fingerprint density at radius 1 is 0.562 bits per heavy atom. The van der Waals surface area contributed by atoms with Crippen molar-refractivity contribution in [1.82, 2.24) is 9.80 Å². The maximum absolute atomic E-state index is 2.56. The van der Waals surface area contributed by atoms with Crippen LogP contribution in [0.3, 0.4) is 0 Å². The Morgan fingerprint density at radius 3 is 1.59 bits per heavy atom. The van der Waals surface area contributed by atoms with Crippen molar-refractivity contribution in [2.75, 3.05) is 6.54 Å². The fraction of sp³-hybridized carbons (Fsp3) is 0.733. The standard InChI is InChI=1S/C30H52N2/c1-3-5-6-7-8-9-10-11-12-13-14-15-16-17-21-24-30-31(25-4-2)26-27-32(30)28-29-22-19-18-20-23-29/h18-20,22-23,26-27,30H,3-17,21,24-25,28H2,1-2H3. The van der Waals surface area contributed by atoms with Crippen LogP contribution in [0.25, 0.3) is 0 Å². The van der Waals surface area contributed by atoms with Gasteiger partial charge in [0, 0.05) is 25.5 Å². The summed E-state index contributed by atoms with van der Waals surface area (Å²) >= 11 is 0. The van der Waals surface area contributed by atoms with Gasteiger partial charge in [-0.05, 0) is 24.8 Å². The highest BCUT2D eigenvalue weighted by Gasteiger charge is 2.25. The smallest absolute Gasteiger partial charge is 0.101 e. The summed E-state index contributed by atoms with van der Waals surface area (Å²) in [5.41, 5.74) is 1.41. The molecule has 1 aromatic carbocycles. The minimum Gasteiger partial charge on any atom is -0.356 e. The van der Waals surface area contributed by atoms with Gasteiger partial charge in [0.15, 0.2) is 0 Å². The molecule has 0 fully saturated rings. The lowest BCUT2D eigenvalue weighted by Gasteiger charge is -2.33.